The van der Waals surface area contributed by atoms with E-state index >= 15 is 0 Å². The topological polar surface area (TPSA) is 56.0 Å². The molecule has 0 aromatic carbocycles. The number of nitrogens with zero attached hydrogens (tertiary/aromatic N) is 5. The van der Waals surface area contributed by atoms with Crippen molar-refractivity contribution in [3.63, 3.8) is 0 Å². The van der Waals surface area contributed by atoms with E-state index in [2.05, 4.69) is 14.6 Å². The maximum atomic E-state index is 12.5. The van der Waals surface area contributed by atoms with Gasteiger partial charge in [-0.2, -0.15) is 5.10 Å². The van der Waals surface area contributed by atoms with Gasteiger partial charge in [0.2, 0.25) is 5.91 Å². The van der Waals surface area contributed by atoms with Crippen molar-refractivity contribution in [3.8, 4) is 0 Å². The molecule has 0 spiro atoms. The van der Waals surface area contributed by atoms with Crippen LogP contribution in [-0.4, -0.2) is 43.2 Å². The summed E-state index contributed by atoms with van der Waals surface area (Å²) in [5.74, 6) is 1.26. The van der Waals surface area contributed by atoms with Crippen LogP contribution in [-0.2, 0) is 18.3 Å². The summed E-state index contributed by atoms with van der Waals surface area (Å²) in [7, 11) is 1.90. The highest BCUT2D eigenvalue weighted by Gasteiger charge is 2.25. The normalized spacial score (nSPS) is 18.6. The van der Waals surface area contributed by atoms with Gasteiger partial charge in [-0.3, -0.25) is 9.48 Å². The number of imidazole rings is 1. The van der Waals surface area contributed by atoms with Gasteiger partial charge in [0.25, 0.3) is 0 Å². The molecule has 1 amide bonds. The maximum Gasteiger partial charge on any atom is 0.222 e. The van der Waals surface area contributed by atoms with E-state index < -0.39 is 0 Å². The van der Waals surface area contributed by atoms with Crippen LogP contribution in [0.2, 0.25) is 0 Å². The fourth-order valence-electron chi connectivity index (χ4n) is 3.19. The van der Waals surface area contributed by atoms with Crippen molar-refractivity contribution in [2.24, 2.45) is 7.05 Å². The van der Waals surface area contributed by atoms with Crippen LogP contribution in [0.4, 0.5) is 0 Å². The summed E-state index contributed by atoms with van der Waals surface area (Å²) in [6, 6.07) is 0.360. The molecule has 2 aromatic heterocycles. The molecule has 0 aliphatic carbocycles. The fraction of sp³-hybridized carbons (Fsp3) is 0.562. The van der Waals surface area contributed by atoms with Gasteiger partial charge in [-0.25, -0.2) is 4.98 Å². The zero-order valence-electron chi connectivity index (χ0n) is 13.3. The lowest BCUT2D eigenvalue weighted by Crippen LogP contribution is -2.40. The molecule has 3 rings (SSSR count). The average Bonchev–Trinajstić information content (AvgIpc) is 3.13. The lowest BCUT2D eigenvalue weighted by atomic mass is 10.0. The minimum atomic E-state index is 0.242. The second kappa shape index (κ2) is 6.34. The molecule has 0 bridgehead atoms. The molecule has 118 valence electrons. The molecule has 0 radical (unpaired) electrons. The molecule has 1 saturated heterocycles. The van der Waals surface area contributed by atoms with Crippen LogP contribution in [0, 0.1) is 6.92 Å². The molecule has 1 aliphatic heterocycles. The van der Waals surface area contributed by atoms with Crippen LogP contribution >= 0.6 is 0 Å². The molecule has 2 aromatic rings. The van der Waals surface area contributed by atoms with Crippen LogP contribution in [0.3, 0.4) is 0 Å². The Morgan fingerprint density at radius 2 is 2.32 bits per heavy atom. The van der Waals surface area contributed by atoms with Crippen molar-refractivity contribution in [1.29, 1.82) is 0 Å². The van der Waals surface area contributed by atoms with Crippen LogP contribution in [0.5, 0.6) is 0 Å². The summed E-state index contributed by atoms with van der Waals surface area (Å²) in [5, 5.41) is 4.14. The third-order valence-electron chi connectivity index (χ3n) is 4.39. The van der Waals surface area contributed by atoms with Gasteiger partial charge in [-0.15, -0.1) is 0 Å². The largest absolute Gasteiger partial charge is 0.341 e. The molecule has 1 atom stereocenters. The molecular formula is C16H23N5O. The summed E-state index contributed by atoms with van der Waals surface area (Å²) < 4.78 is 3.97. The van der Waals surface area contributed by atoms with Crippen LogP contribution in [0.25, 0.3) is 0 Å². The minimum Gasteiger partial charge on any atom is -0.341 e. The van der Waals surface area contributed by atoms with Gasteiger partial charge in [0, 0.05) is 45.1 Å². The molecule has 0 unspecified atom stereocenters. The van der Waals surface area contributed by atoms with E-state index in [0.29, 0.717) is 12.5 Å². The first-order valence-corrected chi connectivity index (χ1v) is 7.88. The summed E-state index contributed by atoms with van der Waals surface area (Å²) >= 11 is 0. The number of likely N-dealkylation sites (tertiary alicyclic amines) is 1. The number of carbonyl (C=O) groups is 1. The number of hydrogen-bond acceptors (Lipinski definition) is 3. The highest BCUT2D eigenvalue weighted by atomic mass is 16.2. The SMILES string of the molecule is Cc1nccn1[C@H]1CCCN(C(=O)CCc2cnn(C)c2)C1. The lowest BCUT2D eigenvalue weighted by molar-refractivity contribution is -0.132. The lowest BCUT2D eigenvalue weighted by Gasteiger charge is -2.34. The van der Waals surface area contributed by atoms with E-state index in [9.17, 15) is 4.79 Å². The second-order valence-corrected chi connectivity index (χ2v) is 6.04. The van der Waals surface area contributed by atoms with E-state index in [1.807, 2.05) is 43.7 Å². The van der Waals surface area contributed by atoms with Crippen molar-refractivity contribution in [2.75, 3.05) is 13.1 Å². The fourth-order valence-corrected chi connectivity index (χ4v) is 3.19. The third kappa shape index (κ3) is 3.21. The number of piperidine rings is 1. The number of aryl methyl sites for hydroxylation is 3. The highest BCUT2D eigenvalue weighted by Crippen LogP contribution is 2.23. The Labute approximate surface area is 130 Å². The Kier molecular flexibility index (Phi) is 4.27. The van der Waals surface area contributed by atoms with Gasteiger partial charge >= 0.3 is 0 Å². The smallest absolute Gasteiger partial charge is 0.222 e. The molecule has 22 heavy (non-hydrogen) atoms. The first-order chi connectivity index (χ1) is 10.6. The molecule has 3 heterocycles. The second-order valence-electron chi connectivity index (χ2n) is 6.04. The highest BCUT2D eigenvalue weighted by molar-refractivity contribution is 5.76. The third-order valence-corrected chi connectivity index (χ3v) is 4.39. The molecule has 1 aliphatic rings. The first-order valence-electron chi connectivity index (χ1n) is 7.88. The number of aromatic nitrogens is 4. The summed E-state index contributed by atoms with van der Waals surface area (Å²) in [4.78, 5) is 18.7. The first kappa shape index (κ1) is 14.8. The van der Waals surface area contributed by atoms with Gasteiger partial charge in [-0.1, -0.05) is 0 Å². The quantitative estimate of drug-likeness (QED) is 0.864. The predicted octanol–water partition coefficient (Wildman–Crippen LogP) is 1.72. The minimum absolute atomic E-state index is 0.242. The van der Waals surface area contributed by atoms with E-state index in [1.165, 1.54) is 0 Å². The molecule has 1 fully saturated rings. The molecule has 0 N–H and O–H groups in total. The predicted molar refractivity (Wildman–Crippen MR) is 83.3 cm³/mol. The van der Waals surface area contributed by atoms with Crippen LogP contribution in [0.15, 0.2) is 24.8 Å². The summed E-state index contributed by atoms with van der Waals surface area (Å²) in [6.45, 7) is 3.68. The standard InChI is InChI=1S/C16H23N5O/c1-13-17-7-9-21(13)15-4-3-8-20(12-15)16(22)6-5-14-10-18-19(2)11-14/h7,9-11,15H,3-6,8,12H2,1-2H3/t15-/m0/s1. The van der Waals surface area contributed by atoms with Crippen LogP contribution in [0.1, 0.15) is 36.7 Å². The van der Waals surface area contributed by atoms with Gasteiger partial charge < -0.3 is 9.47 Å². The zero-order valence-corrected chi connectivity index (χ0v) is 13.3. The van der Waals surface area contributed by atoms with Crippen LogP contribution < -0.4 is 0 Å². The van der Waals surface area contributed by atoms with Gasteiger partial charge in [0.1, 0.15) is 5.82 Å². The number of rotatable bonds is 4. The van der Waals surface area contributed by atoms with E-state index in [-0.39, 0.29) is 5.91 Å². The Morgan fingerprint density at radius 1 is 1.45 bits per heavy atom. The Morgan fingerprint density at radius 3 is 3.00 bits per heavy atom. The Bertz CT molecular complexity index is 645. The van der Waals surface area contributed by atoms with Gasteiger partial charge in [0.05, 0.1) is 12.2 Å². The molecule has 6 heteroatoms. The number of amides is 1. The van der Waals surface area contributed by atoms with E-state index in [1.54, 1.807) is 4.68 Å². The van der Waals surface area contributed by atoms with Crippen molar-refractivity contribution < 1.29 is 4.79 Å². The zero-order chi connectivity index (χ0) is 15.5. The van der Waals surface area contributed by atoms with Crippen molar-refractivity contribution in [1.82, 2.24) is 24.2 Å². The van der Waals surface area contributed by atoms with Gasteiger partial charge in [-0.05, 0) is 31.7 Å². The molecule has 6 nitrogen and oxygen atoms in total. The average molecular weight is 301 g/mol. The summed E-state index contributed by atoms with van der Waals surface area (Å²) in [6.07, 6.45) is 11.1. The van der Waals surface area contributed by atoms with Gasteiger partial charge in [0.15, 0.2) is 0 Å². The van der Waals surface area contributed by atoms with E-state index in [0.717, 1.165) is 43.7 Å². The number of carbonyl (C=O) groups excluding carboxylic acids is 1. The Balaban J connectivity index is 1.57. The molecular weight excluding hydrogens is 278 g/mol. The molecule has 0 saturated carbocycles. The van der Waals surface area contributed by atoms with Crippen molar-refractivity contribution in [3.05, 3.63) is 36.2 Å². The Hall–Kier alpha value is -2.11. The maximum absolute atomic E-state index is 12.5. The number of hydrogen-bond donors (Lipinski definition) is 0. The van der Waals surface area contributed by atoms with Crippen molar-refractivity contribution in [2.45, 2.75) is 38.6 Å². The van der Waals surface area contributed by atoms with Crippen molar-refractivity contribution >= 4 is 5.91 Å². The van der Waals surface area contributed by atoms with E-state index in [4.69, 9.17) is 0 Å². The monoisotopic (exact) mass is 301 g/mol. The summed E-state index contributed by atoms with van der Waals surface area (Å²) in [5.41, 5.74) is 1.12.